The average molecular weight is 225 g/mol. The maximum absolute atomic E-state index is 5.48. The van der Waals surface area contributed by atoms with Crippen molar-refractivity contribution in [1.29, 1.82) is 0 Å². The number of hydrogen-bond acceptors (Lipinski definition) is 2. The van der Waals surface area contributed by atoms with E-state index in [-0.39, 0.29) is 0 Å². The van der Waals surface area contributed by atoms with Crippen molar-refractivity contribution in [1.82, 2.24) is 5.32 Å². The van der Waals surface area contributed by atoms with Gasteiger partial charge in [-0.1, -0.05) is 20.3 Å². The van der Waals surface area contributed by atoms with Crippen molar-refractivity contribution < 1.29 is 4.74 Å². The standard InChI is InChI=1S/C14H27NO/c1-10-4-5-11(2)14(8-10)15-12(3)13-6-7-16-9-13/h10-15H,4-9H2,1-3H3. The Balaban J connectivity index is 1.82. The van der Waals surface area contributed by atoms with Crippen LogP contribution in [0.5, 0.6) is 0 Å². The number of hydrogen-bond donors (Lipinski definition) is 1. The van der Waals surface area contributed by atoms with Gasteiger partial charge in [-0.25, -0.2) is 0 Å². The Bertz CT molecular complexity index is 213. The van der Waals surface area contributed by atoms with Gasteiger partial charge < -0.3 is 10.1 Å². The van der Waals surface area contributed by atoms with E-state index in [1.54, 1.807) is 0 Å². The minimum absolute atomic E-state index is 0.625. The summed E-state index contributed by atoms with van der Waals surface area (Å²) < 4.78 is 5.48. The van der Waals surface area contributed by atoms with E-state index in [2.05, 4.69) is 26.1 Å². The third-order valence-corrected chi connectivity index (χ3v) is 4.61. The topological polar surface area (TPSA) is 21.3 Å². The maximum atomic E-state index is 5.48. The molecule has 1 saturated heterocycles. The highest BCUT2D eigenvalue weighted by atomic mass is 16.5. The molecule has 2 fully saturated rings. The van der Waals surface area contributed by atoms with Gasteiger partial charge in [-0.3, -0.25) is 0 Å². The van der Waals surface area contributed by atoms with Crippen LogP contribution in [0, 0.1) is 17.8 Å². The predicted octanol–water partition coefficient (Wildman–Crippen LogP) is 2.83. The summed E-state index contributed by atoms with van der Waals surface area (Å²) in [6.45, 7) is 9.06. The van der Waals surface area contributed by atoms with Crippen LogP contribution in [0.2, 0.25) is 0 Å². The highest BCUT2D eigenvalue weighted by Crippen LogP contribution is 2.29. The van der Waals surface area contributed by atoms with Gasteiger partial charge in [0.2, 0.25) is 0 Å². The molecule has 1 aliphatic carbocycles. The monoisotopic (exact) mass is 225 g/mol. The van der Waals surface area contributed by atoms with Crippen molar-refractivity contribution in [2.75, 3.05) is 13.2 Å². The highest BCUT2D eigenvalue weighted by Gasteiger charge is 2.29. The lowest BCUT2D eigenvalue weighted by molar-refractivity contribution is 0.163. The molecule has 94 valence electrons. The molecule has 1 saturated carbocycles. The van der Waals surface area contributed by atoms with E-state index >= 15 is 0 Å². The molecule has 1 N–H and O–H groups in total. The van der Waals surface area contributed by atoms with Crippen LogP contribution in [0.15, 0.2) is 0 Å². The van der Waals surface area contributed by atoms with E-state index < -0.39 is 0 Å². The fourth-order valence-electron chi connectivity index (χ4n) is 3.19. The minimum atomic E-state index is 0.625. The predicted molar refractivity (Wildman–Crippen MR) is 67.5 cm³/mol. The van der Waals surface area contributed by atoms with E-state index in [1.807, 2.05) is 0 Å². The largest absolute Gasteiger partial charge is 0.381 e. The molecule has 16 heavy (non-hydrogen) atoms. The summed E-state index contributed by atoms with van der Waals surface area (Å²) in [6, 6.07) is 1.36. The molecular weight excluding hydrogens is 198 g/mol. The summed E-state index contributed by atoms with van der Waals surface area (Å²) in [5.74, 6) is 2.49. The second-order valence-corrected chi connectivity index (χ2v) is 6.08. The first kappa shape index (κ1) is 12.4. The Morgan fingerprint density at radius 2 is 2.00 bits per heavy atom. The molecule has 0 radical (unpaired) electrons. The Labute approximate surface area is 100 Å². The van der Waals surface area contributed by atoms with Gasteiger partial charge >= 0.3 is 0 Å². The molecule has 0 bridgehead atoms. The first-order chi connectivity index (χ1) is 7.66. The van der Waals surface area contributed by atoms with Gasteiger partial charge in [0.15, 0.2) is 0 Å². The fraction of sp³-hybridized carbons (Fsp3) is 1.00. The lowest BCUT2D eigenvalue weighted by atomic mass is 9.79. The summed E-state index contributed by atoms with van der Waals surface area (Å²) in [6.07, 6.45) is 5.41. The molecular formula is C14H27NO. The molecule has 0 aromatic rings. The third kappa shape index (κ3) is 2.98. The van der Waals surface area contributed by atoms with Crippen molar-refractivity contribution >= 4 is 0 Å². The Morgan fingerprint density at radius 1 is 1.19 bits per heavy atom. The molecule has 2 aliphatic rings. The molecule has 1 aliphatic heterocycles. The summed E-state index contributed by atoms with van der Waals surface area (Å²) >= 11 is 0. The fourth-order valence-corrected chi connectivity index (χ4v) is 3.19. The zero-order valence-corrected chi connectivity index (χ0v) is 11.0. The first-order valence-corrected chi connectivity index (χ1v) is 7.00. The molecule has 2 heteroatoms. The van der Waals surface area contributed by atoms with Gasteiger partial charge in [-0.2, -0.15) is 0 Å². The van der Waals surface area contributed by atoms with Crippen LogP contribution < -0.4 is 5.32 Å². The average Bonchev–Trinajstić information content (AvgIpc) is 2.76. The van der Waals surface area contributed by atoms with Gasteiger partial charge in [-0.05, 0) is 43.9 Å². The van der Waals surface area contributed by atoms with Crippen LogP contribution in [-0.2, 0) is 4.74 Å². The maximum Gasteiger partial charge on any atom is 0.0509 e. The second kappa shape index (κ2) is 5.50. The van der Waals surface area contributed by atoms with Crippen molar-refractivity contribution in [3.8, 4) is 0 Å². The summed E-state index contributed by atoms with van der Waals surface area (Å²) in [4.78, 5) is 0. The number of ether oxygens (including phenoxy) is 1. The molecule has 0 amide bonds. The third-order valence-electron chi connectivity index (χ3n) is 4.61. The molecule has 2 rings (SSSR count). The van der Waals surface area contributed by atoms with Gasteiger partial charge in [0.05, 0.1) is 6.61 Å². The Kier molecular flexibility index (Phi) is 4.26. The number of rotatable bonds is 3. The van der Waals surface area contributed by atoms with Crippen LogP contribution in [0.25, 0.3) is 0 Å². The van der Waals surface area contributed by atoms with E-state index in [0.29, 0.717) is 6.04 Å². The van der Waals surface area contributed by atoms with Gasteiger partial charge in [0, 0.05) is 18.7 Å². The summed E-state index contributed by atoms with van der Waals surface area (Å²) in [7, 11) is 0. The highest BCUT2D eigenvalue weighted by molar-refractivity contribution is 4.86. The van der Waals surface area contributed by atoms with Gasteiger partial charge in [0.1, 0.15) is 0 Å². The van der Waals surface area contributed by atoms with Crippen LogP contribution in [0.4, 0.5) is 0 Å². The quantitative estimate of drug-likeness (QED) is 0.797. The van der Waals surface area contributed by atoms with Crippen LogP contribution in [0.3, 0.4) is 0 Å². The zero-order valence-electron chi connectivity index (χ0n) is 11.0. The normalized spacial score (nSPS) is 42.2. The minimum Gasteiger partial charge on any atom is -0.381 e. The SMILES string of the molecule is CC1CCC(C)C(NC(C)C2CCOC2)C1. The van der Waals surface area contributed by atoms with Crippen molar-refractivity contribution in [2.24, 2.45) is 17.8 Å². The summed E-state index contributed by atoms with van der Waals surface area (Å²) in [5.41, 5.74) is 0. The zero-order chi connectivity index (χ0) is 11.5. The van der Waals surface area contributed by atoms with Crippen molar-refractivity contribution in [2.45, 2.75) is 58.5 Å². The van der Waals surface area contributed by atoms with E-state index in [0.717, 1.165) is 37.0 Å². The van der Waals surface area contributed by atoms with Gasteiger partial charge in [-0.15, -0.1) is 0 Å². The smallest absolute Gasteiger partial charge is 0.0509 e. The molecule has 1 heterocycles. The Morgan fingerprint density at radius 3 is 2.69 bits per heavy atom. The molecule has 5 atom stereocenters. The van der Waals surface area contributed by atoms with E-state index in [4.69, 9.17) is 4.74 Å². The van der Waals surface area contributed by atoms with Crippen molar-refractivity contribution in [3.63, 3.8) is 0 Å². The molecule has 0 aromatic heterocycles. The van der Waals surface area contributed by atoms with Crippen molar-refractivity contribution in [3.05, 3.63) is 0 Å². The Hall–Kier alpha value is -0.0800. The van der Waals surface area contributed by atoms with Crippen LogP contribution in [-0.4, -0.2) is 25.3 Å². The van der Waals surface area contributed by atoms with Gasteiger partial charge in [0.25, 0.3) is 0 Å². The lowest BCUT2D eigenvalue weighted by Crippen LogP contribution is -2.46. The molecule has 5 unspecified atom stereocenters. The molecule has 0 aromatic carbocycles. The first-order valence-electron chi connectivity index (χ1n) is 7.00. The van der Waals surface area contributed by atoms with Crippen LogP contribution >= 0.6 is 0 Å². The molecule has 0 spiro atoms. The van der Waals surface area contributed by atoms with Crippen LogP contribution in [0.1, 0.15) is 46.5 Å². The molecule has 2 nitrogen and oxygen atoms in total. The van der Waals surface area contributed by atoms with E-state index in [1.165, 1.54) is 25.7 Å². The number of nitrogens with one attached hydrogen (secondary N) is 1. The lowest BCUT2D eigenvalue weighted by Gasteiger charge is -2.36. The van der Waals surface area contributed by atoms with E-state index in [9.17, 15) is 0 Å². The second-order valence-electron chi connectivity index (χ2n) is 6.08. The summed E-state index contributed by atoms with van der Waals surface area (Å²) in [5, 5.41) is 3.86.